The fraction of sp³-hybridized carbons (Fsp3) is 0.300. The van der Waals surface area contributed by atoms with E-state index in [2.05, 4.69) is 15.6 Å². The van der Waals surface area contributed by atoms with Gasteiger partial charge < -0.3 is 14.2 Å². The maximum absolute atomic E-state index is 12.7. The molecule has 2 heterocycles. The van der Waals surface area contributed by atoms with Crippen molar-refractivity contribution >= 4 is 16.9 Å². The molecule has 1 aromatic heterocycles. The van der Waals surface area contributed by atoms with E-state index >= 15 is 0 Å². The van der Waals surface area contributed by atoms with E-state index < -0.39 is 0 Å². The molecule has 0 unspecified atom stereocenters. The van der Waals surface area contributed by atoms with Crippen LogP contribution in [-0.4, -0.2) is 40.6 Å². The van der Waals surface area contributed by atoms with Crippen molar-refractivity contribution in [3.8, 4) is 5.75 Å². The van der Waals surface area contributed by atoms with Gasteiger partial charge >= 0.3 is 0 Å². The molecule has 0 atom stereocenters. The number of rotatable bonds is 3. The SMILES string of the molecule is COc1cccc(C(=O)N2CCC(n3cnc4ccccc43)CC2)c1. The molecule has 25 heavy (non-hydrogen) atoms. The Hall–Kier alpha value is -2.82. The zero-order valence-corrected chi connectivity index (χ0v) is 14.3. The average Bonchev–Trinajstić information content (AvgIpc) is 3.12. The number of ether oxygens (including phenoxy) is 1. The number of fused-ring (bicyclic) bond motifs is 1. The molecule has 3 aromatic rings. The lowest BCUT2D eigenvalue weighted by Crippen LogP contribution is -2.39. The Morgan fingerprint density at radius 1 is 1.12 bits per heavy atom. The summed E-state index contributed by atoms with van der Waals surface area (Å²) < 4.78 is 7.47. The quantitative estimate of drug-likeness (QED) is 0.736. The Morgan fingerprint density at radius 2 is 1.92 bits per heavy atom. The molecule has 0 saturated carbocycles. The van der Waals surface area contributed by atoms with Crippen LogP contribution in [0.2, 0.25) is 0 Å². The van der Waals surface area contributed by atoms with Crippen LogP contribution < -0.4 is 4.74 Å². The summed E-state index contributed by atoms with van der Waals surface area (Å²) in [6, 6.07) is 15.9. The van der Waals surface area contributed by atoms with Crippen molar-refractivity contribution in [1.29, 1.82) is 0 Å². The number of hydrogen-bond acceptors (Lipinski definition) is 3. The van der Waals surface area contributed by atoms with E-state index in [1.54, 1.807) is 13.2 Å². The third-order valence-electron chi connectivity index (χ3n) is 4.94. The Labute approximate surface area is 146 Å². The smallest absolute Gasteiger partial charge is 0.253 e. The van der Waals surface area contributed by atoms with Crippen LogP contribution in [0.25, 0.3) is 11.0 Å². The highest BCUT2D eigenvalue weighted by Gasteiger charge is 2.25. The maximum atomic E-state index is 12.7. The van der Waals surface area contributed by atoms with Crippen LogP contribution in [0.4, 0.5) is 0 Å². The second-order valence-corrected chi connectivity index (χ2v) is 6.40. The zero-order chi connectivity index (χ0) is 17.2. The van der Waals surface area contributed by atoms with Gasteiger partial charge in [0.25, 0.3) is 5.91 Å². The third-order valence-corrected chi connectivity index (χ3v) is 4.94. The monoisotopic (exact) mass is 335 g/mol. The maximum Gasteiger partial charge on any atom is 0.253 e. The van der Waals surface area contributed by atoms with Crippen molar-refractivity contribution < 1.29 is 9.53 Å². The first kappa shape index (κ1) is 15.7. The fourth-order valence-corrected chi connectivity index (χ4v) is 3.56. The number of carbonyl (C=O) groups excluding carboxylic acids is 1. The van der Waals surface area contributed by atoms with E-state index in [0.717, 1.165) is 31.4 Å². The number of benzene rings is 2. The first-order valence-electron chi connectivity index (χ1n) is 8.61. The van der Waals surface area contributed by atoms with Crippen molar-refractivity contribution in [3.05, 3.63) is 60.4 Å². The number of carbonyl (C=O) groups is 1. The number of nitrogens with zero attached hydrogens (tertiary/aromatic N) is 3. The van der Waals surface area contributed by atoms with E-state index in [0.29, 0.717) is 17.4 Å². The van der Waals surface area contributed by atoms with Gasteiger partial charge in [-0.3, -0.25) is 4.79 Å². The summed E-state index contributed by atoms with van der Waals surface area (Å²) in [5.41, 5.74) is 2.88. The molecule has 1 saturated heterocycles. The fourth-order valence-electron chi connectivity index (χ4n) is 3.56. The lowest BCUT2D eigenvalue weighted by Gasteiger charge is -2.33. The van der Waals surface area contributed by atoms with Gasteiger partial charge in [-0.15, -0.1) is 0 Å². The highest BCUT2D eigenvalue weighted by molar-refractivity contribution is 5.94. The normalized spacial score (nSPS) is 15.5. The number of hydrogen-bond donors (Lipinski definition) is 0. The second kappa shape index (κ2) is 6.59. The van der Waals surface area contributed by atoms with E-state index in [9.17, 15) is 4.79 Å². The minimum absolute atomic E-state index is 0.0767. The van der Waals surface area contributed by atoms with E-state index in [1.165, 1.54) is 5.52 Å². The standard InChI is InChI=1S/C20H21N3O2/c1-25-17-6-4-5-15(13-17)20(24)22-11-9-16(10-12-22)23-14-21-18-7-2-3-8-19(18)23/h2-8,13-14,16H,9-12H2,1H3. The third kappa shape index (κ3) is 2.97. The van der Waals surface area contributed by atoms with Crippen LogP contribution in [0.1, 0.15) is 29.2 Å². The Balaban J connectivity index is 1.47. The number of methoxy groups -OCH3 is 1. The molecular formula is C20H21N3O2. The van der Waals surface area contributed by atoms with Crippen molar-refractivity contribution in [2.24, 2.45) is 0 Å². The lowest BCUT2D eigenvalue weighted by atomic mass is 10.0. The number of para-hydroxylation sites is 2. The Kier molecular flexibility index (Phi) is 4.14. The van der Waals surface area contributed by atoms with Gasteiger partial charge in [-0.2, -0.15) is 0 Å². The highest BCUT2D eigenvalue weighted by Crippen LogP contribution is 2.27. The average molecular weight is 335 g/mol. The largest absolute Gasteiger partial charge is 0.497 e. The van der Waals surface area contributed by atoms with Crippen LogP contribution >= 0.6 is 0 Å². The molecule has 0 aliphatic carbocycles. The number of likely N-dealkylation sites (tertiary alicyclic amines) is 1. The zero-order valence-electron chi connectivity index (χ0n) is 14.3. The van der Waals surface area contributed by atoms with E-state index in [-0.39, 0.29) is 5.91 Å². The highest BCUT2D eigenvalue weighted by atomic mass is 16.5. The van der Waals surface area contributed by atoms with Crippen LogP contribution in [0.5, 0.6) is 5.75 Å². The molecular weight excluding hydrogens is 314 g/mol. The number of amides is 1. The number of piperidine rings is 1. The van der Waals surface area contributed by atoms with Gasteiger partial charge in [-0.05, 0) is 43.2 Å². The van der Waals surface area contributed by atoms with E-state index in [1.807, 2.05) is 47.6 Å². The van der Waals surface area contributed by atoms with Crippen molar-refractivity contribution in [3.63, 3.8) is 0 Å². The van der Waals surface area contributed by atoms with Crippen molar-refractivity contribution in [2.45, 2.75) is 18.9 Å². The first-order valence-corrected chi connectivity index (χ1v) is 8.61. The van der Waals surface area contributed by atoms with Gasteiger partial charge in [0.15, 0.2) is 0 Å². The summed E-state index contributed by atoms with van der Waals surface area (Å²) in [5.74, 6) is 0.790. The molecule has 5 nitrogen and oxygen atoms in total. The lowest BCUT2D eigenvalue weighted by molar-refractivity contribution is 0.0695. The topological polar surface area (TPSA) is 47.4 Å². The number of aromatic nitrogens is 2. The minimum Gasteiger partial charge on any atom is -0.497 e. The molecule has 1 amide bonds. The van der Waals surface area contributed by atoms with Gasteiger partial charge in [-0.25, -0.2) is 4.98 Å². The summed E-state index contributed by atoms with van der Waals surface area (Å²) in [7, 11) is 1.62. The summed E-state index contributed by atoms with van der Waals surface area (Å²) in [4.78, 5) is 19.1. The van der Waals surface area contributed by atoms with Gasteiger partial charge in [0.1, 0.15) is 5.75 Å². The van der Waals surface area contributed by atoms with Crippen LogP contribution in [-0.2, 0) is 0 Å². The minimum atomic E-state index is 0.0767. The molecule has 128 valence electrons. The summed E-state index contributed by atoms with van der Waals surface area (Å²) in [6.45, 7) is 1.51. The molecule has 0 spiro atoms. The Bertz CT molecular complexity index is 895. The van der Waals surface area contributed by atoms with Gasteiger partial charge in [0.05, 0.1) is 24.5 Å². The summed E-state index contributed by atoms with van der Waals surface area (Å²) in [6.07, 6.45) is 3.81. The first-order chi connectivity index (χ1) is 12.3. The van der Waals surface area contributed by atoms with Gasteiger partial charge in [0.2, 0.25) is 0 Å². The number of imidazole rings is 1. The molecule has 1 aliphatic rings. The molecule has 0 N–H and O–H groups in total. The predicted octanol–water partition coefficient (Wildman–Crippen LogP) is 3.52. The second-order valence-electron chi connectivity index (χ2n) is 6.40. The van der Waals surface area contributed by atoms with Crippen molar-refractivity contribution in [1.82, 2.24) is 14.5 Å². The molecule has 2 aromatic carbocycles. The summed E-state index contributed by atoms with van der Waals surface area (Å²) >= 11 is 0. The van der Waals surface area contributed by atoms with Crippen LogP contribution in [0, 0.1) is 0 Å². The molecule has 4 rings (SSSR count). The van der Waals surface area contributed by atoms with Gasteiger partial charge in [-0.1, -0.05) is 18.2 Å². The van der Waals surface area contributed by atoms with Gasteiger partial charge in [0, 0.05) is 24.7 Å². The molecule has 0 radical (unpaired) electrons. The molecule has 0 bridgehead atoms. The van der Waals surface area contributed by atoms with Crippen LogP contribution in [0.15, 0.2) is 54.9 Å². The molecule has 1 aliphatic heterocycles. The summed E-state index contributed by atoms with van der Waals surface area (Å²) in [5, 5.41) is 0. The Morgan fingerprint density at radius 3 is 2.72 bits per heavy atom. The molecule has 1 fully saturated rings. The van der Waals surface area contributed by atoms with Crippen LogP contribution in [0.3, 0.4) is 0 Å². The molecule has 5 heteroatoms. The van der Waals surface area contributed by atoms with E-state index in [4.69, 9.17) is 4.74 Å². The van der Waals surface area contributed by atoms with Crippen molar-refractivity contribution in [2.75, 3.05) is 20.2 Å². The predicted molar refractivity (Wildman–Crippen MR) is 96.9 cm³/mol.